The summed E-state index contributed by atoms with van der Waals surface area (Å²) in [5, 5.41) is 0. The van der Waals surface area contributed by atoms with Gasteiger partial charge in [-0.15, -0.1) is 0 Å². The molecule has 0 saturated heterocycles. The average Bonchev–Trinajstić information content (AvgIpc) is 3.02. The molecule has 0 unspecified atom stereocenters. The lowest BCUT2D eigenvalue weighted by molar-refractivity contribution is -0.140. The molecule has 0 fully saturated rings. The van der Waals surface area contributed by atoms with Crippen molar-refractivity contribution in [3.63, 3.8) is 0 Å². The van der Waals surface area contributed by atoms with Gasteiger partial charge in [0.05, 0.1) is 7.11 Å². The fraction of sp³-hybridized carbons (Fsp3) is 0.304. The molecular weight excluding hydrogens is 338 g/mol. The van der Waals surface area contributed by atoms with Crippen LogP contribution in [0.5, 0.6) is 5.75 Å². The highest BCUT2D eigenvalue weighted by Crippen LogP contribution is 2.49. The summed E-state index contributed by atoms with van der Waals surface area (Å²) >= 11 is 0. The zero-order valence-corrected chi connectivity index (χ0v) is 15.9. The number of aliphatic imine (C=N–C) groups is 1. The number of ether oxygens (including phenoxy) is 2. The van der Waals surface area contributed by atoms with Crippen LogP contribution in [0.3, 0.4) is 0 Å². The quantitative estimate of drug-likeness (QED) is 0.590. The third-order valence-electron chi connectivity index (χ3n) is 5.71. The minimum absolute atomic E-state index is 0.0787. The zero-order chi connectivity index (χ0) is 19.0. The molecule has 0 aromatic heterocycles. The molecule has 2 aromatic carbocycles. The first kappa shape index (κ1) is 17.5. The number of nitrogens with zero attached hydrogens (tertiary/aromatic N) is 1. The topological polar surface area (TPSA) is 47.9 Å². The lowest BCUT2D eigenvalue weighted by atomic mass is 9.68. The standard InChI is InChI=1S/C23H23NO3/c1-15-12-20(18-10-7-11-19(13-18)26-3)23(14-16(15)2)22(25)27-21(24-23)17-8-5-4-6-9-17/h4-11,13,20H,12,14H2,1-3H3/t20-,23-/m1/s1. The van der Waals surface area contributed by atoms with Crippen molar-refractivity contribution in [2.24, 2.45) is 4.99 Å². The summed E-state index contributed by atoms with van der Waals surface area (Å²) in [7, 11) is 1.65. The Hall–Kier alpha value is -2.88. The first-order chi connectivity index (χ1) is 13.0. The Morgan fingerprint density at radius 3 is 2.59 bits per heavy atom. The zero-order valence-electron chi connectivity index (χ0n) is 15.9. The minimum Gasteiger partial charge on any atom is -0.497 e. The van der Waals surface area contributed by atoms with E-state index < -0.39 is 5.54 Å². The SMILES string of the molecule is COc1cccc([C@H]2CC(C)=C(C)C[C@@]23N=C(c2ccccc2)OC3=O)c1. The normalized spacial score (nSPS) is 24.8. The second kappa shape index (κ2) is 6.69. The van der Waals surface area contributed by atoms with Crippen LogP contribution in [0.1, 0.15) is 43.7 Å². The molecule has 4 heteroatoms. The molecule has 0 bridgehead atoms. The summed E-state index contributed by atoms with van der Waals surface area (Å²) in [4.78, 5) is 18.0. The van der Waals surface area contributed by atoms with Gasteiger partial charge in [-0.25, -0.2) is 9.79 Å². The van der Waals surface area contributed by atoms with Crippen LogP contribution < -0.4 is 4.74 Å². The van der Waals surface area contributed by atoms with Crippen LogP contribution in [0.25, 0.3) is 0 Å². The number of allylic oxidation sites excluding steroid dienone is 1. The maximum absolute atomic E-state index is 13.1. The highest BCUT2D eigenvalue weighted by Gasteiger charge is 2.54. The molecule has 138 valence electrons. The van der Waals surface area contributed by atoms with Gasteiger partial charge in [-0.2, -0.15) is 0 Å². The molecule has 0 radical (unpaired) electrons. The van der Waals surface area contributed by atoms with Crippen molar-refractivity contribution >= 4 is 11.9 Å². The Morgan fingerprint density at radius 2 is 1.85 bits per heavy atom. The van der Waals surface area contributed by atoms with E-state index in [-0.39, 0.29) is 11.9 Å². The molecule has 0 N–H and O–H groups in total. The average molecular weight is 361 g/mol. The Bertz CT molecular complexity index is 945. The van der Waals surface area contributed by atoms with Gasteiger partial charge >= 0.3 is 5.97 Å². The summed E-state index contributed by atoms with van der Waals surface area (Å²) in [6.07, 6.45) is 1.36. The first-order valence-electron chi connectivity index (χ1n) is 9.20. The van der Waals surface area contributed by atoms with E-state index in [1.54, 1.807) is 7.11 Å². The maximum atomic E-state index is 13.1. The molecule has 1 heterocycles. The predicted octanol–water partition coefficient (Wildman–Crippen LogP) is 4.65. The highest BCUT2D eigenvalue weighted by atomic mass is 16.6. The molecule has 2 aliphatic rings. The van der Waals surface area contributed by atoms with E-state index in [1.807, 2.05) is 54.6 Å². The Morgan fingerprint density at radius 1 is 1.07 bits per heavy atom. The molecular formula is C23H23NO3. The summed E-state index contributed by atoms with van der Waals surface area (Å²) in [6.45, 7) is 4.22. The molecule has 0 saturated carbocycles. The van der Waals surface area contributed by atoms with Crippen molar-refractivity contribution in [1.29, 1.82) is 0 Å². The van der Waals surface area contributed by atoms with Crippen molar-refractivity contribution in [2.45, 2.75) is 38.1 Å². The van der Waals surface area contributed by atoms with Crippen LogP contribution in [0.4, 0.5) is 0 Å². The lowest BCUT2D eigenvalue weighted by Crippen LogP contribution is -2.43. The number of methoxy groups -OCH3 is 1. The van der Waals surface area contributed by atoms with E-state index in [4.69, 9.17) is 14.5 Å². The lowest BCUT2D eigenvalue weighted by Gasteiger charge is -2.37. The van der Waals surface area contributed by atoms with Gasteiger partial charge in [-0.3, -0.25) is 0 Å². The minimum atomic E-state index is -0.916. The van der Waals surface area contributed by atoms with Gasteiger partial charge in [0, 0.05) is 17.9 Å². The van der Waals surface area contributed by atoms with Gasteiger partial charge in [0.25, 0.3) is 0 Å². The third kappa shape index (κ3) is 2.95. The number of hydrogen-bond donors (Lipinski definition) is 0. The molecule has 4 rings (SSSR count). The Balaban J connectivity index is 1.84. The van der Waals surface area contributed by atoms with Gasteiger partial charge in [0.15, 0.2) is 5.54 Å². The van der Waals surface area contributed by atoms with E-state index in [2.05, 4.69) is 13.8 Å². The van der Waals surface area contributed by atoms with Gasteiger partial charge in [0.2, 0.25) is 5.90 Å². The molecule has 4 nitrogen and oxygen atoms in total. The molecule has 1 spiro atoms. The van der Waals surface area contributed by atoms with E-state index in [9.17, 15) is 4.79 Å². The number of benzene rings is 2. The monoisotopic (exact) mass is 361 g/mol. The molecule has 2 aromatic rings. The maximum Gasteiger partial charge on any atom is 0.341 e. The van der Waals surface area contributed by atoms with Crippen molar-refractivity contribution in [3.8, 4) is 5.75 Å². The van der Waals surface area contributed by atoms with E-state index in [1.165, 1.54) is 11.1 Å². The summed E-state index contributed by atoms with van der Waals surface area (Å²) < 4.78 is 11.1. The molecule has 0 amide bonds. The van der Waals surface area contributed by atoms with Crippen LogP contribution in [0.2, 0.25) is 0 Å². The Labute approximate surface area is 159 Å². The van der Waals surface area contributed by atoms with E-state index >= 15 is 0 Å². The van der Waals surface area contributed by atoms with Crippen LogP contribution >= 0.6 is 0 Å². The molecule has 2 atom stereocenters. The third-order valence-corrected chi connectivity index (χ3v) is 5.71. The highest BCUT2D eigenvalue weighted by molar-refractivity contribution is 6.08. The van der Waals surface area contributed by atoms with Crippen LogP contribution in [-0.4, -0.2) is 24.5 Å². The number of esters is 1. The Kier molecular flexibility index (Phi) is 4.34. The largest absolute Gasteiger partial charge is 0.497 e. The number of carbonyl (C=O) groups excluding carboxylic acids is 1. The second-order valence-electron chi connectivity index (χ2n) is 7.37. The van der Waals surface area contributed by atoms with Crippen LogP contribution in [0.15, 0.2) is 70.7 Å². The molecule has 27 heavy (non-hydrogen) atoms. The summed E-state index contributed by atoms with van der Waals surface area (Å²) in [5.41, 5.74) is 3.49. The molecule has 1 aliphatic heterocycles. The fourth-order valence-electron chi connectivity index (χ4n) is 4.04. The van der Waals surface area contributed by atoms with Crippen molar-refractivity contribution in [1.82, 2.24) is 0 Å². The molecule has 1 aliphatic carbocycles. The smallest absolute Gasteiger partial charge is 0.341 e. The number of cyclic esters (lactones) is 1. The second-order valence-corrected chi connectivity index (χ2v) is 7.37. The van der Waals surface area contributed by atoms with Gasteiger partial charge in [-0.05, 0) is 50.1 Å². The first-order valence-corrected chi connectivity index (χ1v) is 9.20. The fourth-order valence-corrected chi connectivity index (χ4v) is 4.04. The number of rotatable bonds is 3. The van der Waals surface area contributed by atoms with Crippen molar-refractivity contribution < 1.29 is 14.3 Å². The van der Waals surface area contributed by atoms with Crippen LogP contribution in [0, 0.1) is 0 Å². The van der Waals surface area contributed by atoms with Gasteiger partial charge < -0.3 is 9.47 Å². The van der Waals surface area contributed by atoms with Crippen LogP contribution in [-0.2, 0) is 9.53 Å². The number of hydrogen-bond acceptors (Lipinski definition) is 4. The summed E-state index contributed by atoms with van der Waals surface area (Å²) in [6, 6.07) is 17.6. The summed E-state index contributed by atoms with van der Waals surface area (Å²) in [5.74, 6) is 0.858. The van der Waals surface area contributed by atoms with Gasteiger partial charge in [-0.1, -0.05) is 41.5 Å². The van der Waals surface area contributed by atoms with E-state index in [0.29, 0.717) is 12.3 Å². The van der Waals surface area contributed by atoms with Crippen molar-refractivity contribution in [2.75, 3.05) is 7.11 Å². The van der Waals surface area contributed by atoms with E-state index in [0.717, 1.165) is 23.3 Å². The predicted molar refractivity (Wildman–Crippen MR) is 105 cm³/mol. The van der Waals surface area contributed by atoms with Gasteiger partial charge in [0.1, 0.15) is 5.75 Å². The number of carbonyl (C=O) groups is 1. The van der Waals surface area contributed by atoms with Crippen molar-refractivity contribution in [3.05, 3.63) is 76.9 Å².